The fourth-order valence-corrected chi connectivity index (χ4v) is 2.73. The van der Waals surface area contributed by atoms with Gasteiger partial charge in [0.2, 0.25) is 0 Å². The first-order valence-corrected chi connectivity index (χ1v) is 7.32. The summed E-state index contributed by atoms with van der Waals surface area (Å²) < 4.78 is 6.02. The van der Waals surface area contributed by atoms with Crippen LogP contribution in [0.5, 0.6) is 0 Å². The van der Waals surface area contributed by atoms with E-state index in [9.17, 15) is 5.11 Å². The van der Waals surface area contributed by atoms with Gasteiger partial charge in [-0.25, -0.2) is 0 Å². The van der Waals surface area contributed by atoms with Crippen LogP contribution in [0.4, 0.5) is 0 Å². The predicted octanol–water partition coefficient (Wildman–Crippen LogP) is 4.02. The first kappa shape index (κ1) is 14.1. The molecule has 1 aliphatic carbocycles. The Morgan fingerprint density at radius 1 is 1.16 bits per heavy atom. The minimum Gasteiger partial charge on any atom is -0.495 e. The van der Waals surface area contributed by atoms with Crippen molar-refractivity contribution < 1.29 is 9.84 Å². The molecule has 0 bridgehead atoms. The van der Waals surface area contributed by atoms with Crippen LogP contribution in [0, 0.1) is 0 Å². The normalized spacial score (nSPS) is 18.6. The smallest absolute Gasteiger partial charge is 0.0990 e. The van der Waals surface area contributed by atoms with Gasteiger partial charge >= 0.3 is 0 Å². The highest BCUT2D eigenvalue weighted by Crippen LogP contribution is 2.28. The van der Waals surface area contributed by atoms with E-state index in [2.05, 4.69) is 6.58 Å². The first-order chi connectivity index (χ1) is 9.31. The lowest BCUT2D eigenvalue weighted by molar-refractivity contribution is 0.0826. The van der Waals surface area contributed by atoms with Crippen molar-refractivity contribution in [3.63, 3.8) is 0 Å². The molecule has 2 heteroatoms. The lowest BCUT2D eigenvalue weighted by atomic mass is 9.98. The molecule has 1 aliphatic rings. The highest BCUT2D eigenvalue weighted by molar-refractivity contribution is 5.25. The number of ether oxygens (including phenoxy) is 1. The molecule has 1 aromatic rings. The summed E-state index contributed by atoms with van der Waals surface area (Å²) in [5, 5.41) is 9.59. The first-order valence-electron chi connectivity index (χ1n) is 7.32. The Labute approximate surface area is 116 Å². The van der Waals surface area contributed by atoms with Gasteiger partial charge in [-0.2, -0.15) is 0 Å². The van der Waals surface area contributed by atoms with E-state index in [0.717, 1.165) is 18.4 Å². The molecule has 0 spiro atoms. The van der Waals surface area contributed by atoms with Crippen molar-refractivity contribution in [2.75, 3.05) is 6.61 Å². The van der Waals surface area contributed by atoms with Gasteiger partial charge in [0.15, 0.2) is 0 Å². The van der Waals surface area contributed by atoms with Gasteiger partial charge in [0.25, 0.3) is 0 Å². The number of aliphatic hydroxyl groups is 1. The van der Waals surface area contributed by atoms with Gasteiger partial charge in [-0.05, 0) is 31.2 Å². The van der Waals surface area contributed by atoms with Crippen molar-refractivity contribution >= 4 is 0 Å². The number of hydrogen-bond donors (Lipinski definition) is 1. The highest BCUT2D eigenvalue weighted by Gasteiger charge is 2.20. The molecule has 19 heavy (non-hydrogen) atoms. The molecule has 0 radical (unpaired) electrons. The van der Waals surface area contributed by atoms with E-state index in [-0.39, 0.29) is 18.6 Å². The molecule has 0 amide bonds. The van der Waals surface area contributed by atoms with E-state index < -0.39 is 0 Å². The van der Waals surface area contributed by atoms with E-state index >= 15 is 0 Å². The Hall–Kier alpha value is -1.28. The molecular formula is C17H24O2. The van der Waals surface area contributed by atoms with Gasteiger partial charge in [0.1, 0.15) is 0 Å². The fraction of sp³-hybridized carbons (Fsp3) is 0.529. The molecule has 1 N–H and O–H groups in total. The summed E-state index contributed by atoms with van der Waals surface area (Å²) in [6.07, 6.45) is 7.63. The minimum atomic E-state index is -0.107. The predicted molar refractivity (Wildman–Crippen MR) is 78.0 cm³/mol. The topological polar surface area (TPSA) is 29.5 Å². The lowest BCUT2D eigenvalue weighted by Crippen LogP contribution is -2.17. The van der Waals surface area contributed by atoms with Crippen LogP contribution < -0.4 is 0 Å². The Balaban J connectivity index is 1.96. The van der Waals surface area contributed by atoms with Crippen LogP contribution >= 0.6 is 0 Å². The van der Waals surface area contributed by atoms with Crippen molar-refractivity contribution in [1.29, 1.82) is 0 Å². The molecule has 0 aliphatic heterocycles. The number of benzene rings is 1. The second-order valence-electron chi connectivity index (χ2n) is 5.34. The van der Waals surface area contributed by atoms with Crippen LogP contribution in [0.25, 0.3) is 0 Å². The molecule has 104 valence electrons. The van der Waals surface area contributed by atoms with Crippen molar-refractivity contribution in [3.8, 4) is 0 Å². The minimum absolute atomic E-state index is 0.0512. The average Bonchev–Trinajstić information content (AvgIpc) is 2.69. The second-order valence-corrected chi connectivity index (χ2v) is 5.34. The van der Waals surface area contributed by atoms with Gasteiger partial charge in [0, 0.05) is 0 Å². The van der Waals surface area contributed by atoms with E-state index in [0.29, 0.717) is 5.76 Å². The summed E-state index contributed by atoms with van der Waals surface area (Å²) >= 11 is 0. The molecule has 1 saturated carbocycles. The monoisotopic (exact) mass is 260 g/mol. The molecule has 1 unspecified atom stereocenters. The molecule has 1 aromatic carbocycles. The van der Waals surface area contributed by atoms with E-state index in [1.807, 2.05) is 30.3 Å². The summed E-state index contributed by atoms with van der Waals surface area (Å²) in [5.41, 5.74) is 1.07. The van der Waals surface area contributed by atoms with E-state index in [4.69, 9.17) is 4.74 Å². The maximum atomic E-state index is 9.59. The summed E-state index contributed by atoms with van der Waals surface area (Å²) in [6.45, 7) is 4.10. The third-order valence-corrected chi connectivity index (χ3v) is 3.89. The lowest BCUT2D eigenvalue weighted by Gasteiger charge is -2.24. The van der Waals surface area contributed by atoms with Crippen molar-refractivity contribution in [2.24, 2.45) is 0 Å². The van der Waals surface area contributed by atoms with Crippen LogP contribution in [-0.2, 0) is 4.74 Å². The quantitative estimate of drug-likeness (QED) is 0.640. The maximum Gasteiger partial charge on any atom is 0.0990 e. The van der Waals surface area contributed by atoms with Crippen LogP contribution in [-0.4, -0.2) is 17.8 Å². The van der Waals surface area contributed by atoms with E-state index in [1.54, 1.807) is 0 Å². The van der Waals surface area contributed by atoms with Crippen LogP contribution in [0.3, 0.4) is 0 Å². The highest BCUT2D eigenvalue weighted by atomic mass is 16.5. The second kappa shape index (κ2) is 7.34. The molecular weight excluding hydrogens is 236 g/mol. The Bertz CT molecular complexity index is 378. The summed E-state index contributed by atoms with van der Waals surface area (Å²) in [4.78, 5) is 0. The largest absolute Gasteiger partial charge is 0.495 e. The molecule has 2 rings (SSSR count). The SMILES string of the molecule is C=C(OC1CCCCCC1)C(CO)c1ccccc1. The number of aliphatic hydroxyl groups excluding tert-OH is 1. The van der Waals surface area contributed by atoms with Gasteiger partial charge < -0.3 is 9.84 Å². The maximum absolute atomic E-state index is 9.59. The Kier molecular flexibility index (Phi) is 5.46. The third kappa shape index (κ3) is 4.10. The summed E-state index contributed by atoms with van der Waals surface area (Å²) in [7, 11) is 0. The van der Waals surface area contributed by atoms with Gasteiger partial charge in [-0.1, -0.05) is 49.8 Å². The zero-order valence-corrected chi connectivity index (χ0v) is 11.6. The van der Waals surface area contributed by atoms with Crippen molar-refractivity contribution in [3.05, 3.63) is 48.2 Å². The van der Waals surface area contributed by atoms with Crippen molar-refractivity contribution in [1.82, 2.24) is 0 Å². The van der Waals surface area contributed by atoms with Crippen LogP contribution in [0.1, 0.15) is 50.0 Å². The van der Waals surface area contributed by atoms with Gasteiger partial charge in [0.05, 0.1) is 24.4 Å². The standard InChI is InChI=1S/C17H24O2/c1-14(19-16-11-7-2-3-8-12-16)17(13-18)15-9-5-4-6-10-15/h4-6,9-10,16-18H,1-3,7-8,11-13H2. The summed E-state index contributed by atoms with van der Waals surface area (Å²) in [6, 6.07) is 9.98. The zero-order valence-electron chi connectivity index (χ0n) is 11.6. The van der Waals surface area contributed by atoms with E-state index in [1.165, 1.54) is 25.7 Å². The van der Waals surface area contributed by atoms with Crippen LogP contribution in [0.2, 0.25) is 0 Å². The summed E-state index contributed by atoms with van der Waals surface area (Å²) in [5.74, 6) is 0.602. The molecule has 1 fully saturated rings. The number of hydrogen-bond acceptors (Lipinski definition) is 2. The Morgan fingerprint density at radius 2 is 1.79 bits per heavy atom. The Morgan fingerprint density at radius 3 is 2.37 bits per heavy atom. The average molecular weight is 260 g/mol. The molecule has 2 nitrogen and oxygen atoms in total. The molecule has 0 saturated heterocycles. The number of rotatable bonds is 5. The van der Waals surface area contributed by atoms with Crippen molar-refractivity contribution in [2.45, 2.75) is 50.5 Å². The van der Waals surface area contributed by atoms with Gasteiger partial charge in [-0.3, -0.25) is 0 Å². The molecule has 1 atom stereocenters. The molecule has 0 heterocycles. The third-order valence-electron chi connectivity index (χ3n) is 3.89. The zero-order chi connectivity index (χ0) is 13.5. The van der Waals surface area contributed by atoms with Gasteiger partial charge in [-0.15, -0.1) is 0 Å². The fourth-order valence-electron chi connectivity index (χ4n) is 2.73. The van der Waals surface area contributed by atoms with Crippen LogP contribution in [0.15, 0.2) is 42.7 Å². The molecule has 0 aromatic heterocycles.